The predicted molar refractivity (Wildman–Crippen MR) is 83.9 cm³/mol. The Morgan fingerprint density at radius 2 is 1.76 bits per heavy atom. The number of carbonyl (C=O) groups is 1. The monoisotopic (exact) mass is 283 g/mol. The zero-order valence-electron chi connectivity index (χ0n) is 13.1. The highest BCUT2D eigenvalue weighted by atomic mass is 16.1. The molecule has 2 N–H and O–H groups in total. The number of aryl methyl sites for hydroxylation is 2. The van der Waals surface area contributed by atoms with Crippen molar-refractivity contribution in [3.05, 3.63) is 34.9 Å². The van der Waals surface area contributed by atoms with Crippen molar-refractivity contribution in [1.29, 1.82) is 0 Å². The predicted octanol–water partition coefficient (Wildman–Crippen LogP) is 3.63. The fraction of sp³-hybridized carbons (Fsp3) is 0.632. The molecule has 112 valence electrons. The lowest BCUT2D eigenvalue weighted by atomic mass is 9.42. The Morgan fingerprint density at radius 1 is 1.10 bits per heavy atom. The summed E-state index contributed by atoms with van der Waals surface area (Å²) >= 11 is 0. The molecule has 1 aromatic carbocycles. The number of carbonyl (C=O) groups excluding carboxylic acids is 1. The highest BCUT2D eigenvalue weighted by Crippen LogP contribution is 2.65. The van der Waals surface area contributed by atoms with Gasteiger partial charge in [-0.05, 0) is 86.3 Å². The second-order valence-electron chi connectivity index (χ2n) is 8.18. The number of hydrogen-bond acceptors (Lipinski definition) is 1. The van der Waals surface area contributed by atoms with Gasteiger partial charge in [0.05, 0.1) is 5.41 Å². The molecule has 1 amide bonds. The highest BCUT2D eigenvalue weighted by Gasteiger charge is 2.60. The summed E-state index contributed by atoms with van der Waals surface area (Å²) in [4.78, 5) is 12.2. The van der Waals surface area contributed by atoms with E-state index in [0.717, 1.165) is 19.3 Å². The van der Waals surface area contributed by atoms with Crippen molar-refractivity contribution in [3.63, 3.8) is 0 Å². The molecule has 5 rings (SSSR count). The standard InChI is InChI=1S/C19H25NO/c1-12-3-4-16(5-13(12)2)18-7-14-6-15(8-18)10-19(9-14,11-18)17(20)21/h3-5,14-15H,6-11H2,1-2H3,(H2,20,21)/t14-,15-,18?,19?/m1/s1. The van der Waals surface area contributed by atoms with E-state index in [1.54, 1.807) is 0 Å². The summed E-state index contributed by atoms with van der Waals surface area (Å²) in [5.74, 6) is 1.38. The van der Waals surface area contributed by atoms with Gasteiger partial charge in [0.1, 0.15) is 0 Å². The third-order valence-corrected chi connectivity index (χ3v) is 6.70. The molecule has 4 fully saturated rings. The molecule has 0 aromatic heterocycles. The maximum atomic E-state index is 12.2. The third kappa shape index (κ3) is 1.81. The summed E-state index contributed by atoms with van der Waals surface area (Å²) in [7, 11) is 0. The summed E-state index contributed by atoms with van der Waals surface area (Å²) in [6.45, 7) is 4.37. The van der Waals surface area contributed by atoms with Crippen LogP contribution in [0.25, 0.3) is 0 Å². The van der Waals surface area contributed by atoms with E-state index in [9.17, 15) is 4.79 Å². The summed E-state index contributed by atoms with van der Waals surface area (Å²) < 4.78 is 0. The van der Waals surface area contributed by atoms with Crippen molar-refractivity contribution in [1.82, 2.24) is 0 Å². The van der Waals surface area contributed by atoms with E-state index in [1.807, 2.05) is 0 Å². The summed E-state index contributed by atoms with van der Waals surface area (Å²) in [5, 5.41) is 0. The molecule has 0 aliphatic heterocycles. The minimum atomic E-state index is -0.205. The smallest absolute Gasteiger partial charge is 0.223 e. The normalized spacial score (nSPS) is 40.5. The van der Waals surface area contributed by atoms with Crippen LogP contribution in [0.15, 0.2) is 18.2 Å². The first-order chi connectivity index (χ1) is 9.92. The molecule has 2 nitrogen and oxygen atoms in total. The molecule has 0 spiro atoms. The number of rotatable bonds is 2. The number of hydrogen-bond donors (Lipinski definition) is 1. The van der Waals surface area contributed by atoms with Crippen LogP contribution in [0, 0.1) is 31.1 Å². The molecule has 4 aliphatic carbocycles. The lowest BCUT2D eigenvalue weighted by Crippen LogP contribution is -2.58. The molecular formula is C19H25NO. The number of benzene rings is 1. The van der Waals surface area contributed by atoms with Gasteiger partial charge in [-0.3, -0.25) is 4.79 Å². The number of amides is 1. The fourth-order valence-electron chi connectivity index (χ4n) is 5.96. The molecule has 0 unspecified atom stereocenters. The maximum absolute atomic E-state index is 12.2. The van der Waals surface area contributed by atoms with Crippen molar-refractivity contribution in [2.24, 2.45) is 23.0 Å². The van der Waals surface area contributed by atoms with Gasteiger partial charge in [-0.25, -0.2) is 0 Å². The van der Waals surface area contributed by atoms with E-state index in [4.69, 9.17) is 5.73 Å². The van der Waals surface area contributed by atoms with Gasteiger partial charge >= 0.3 is 0 Å². The SMILES string of the molecule is Cc1ccc(C23C[C@H]4C[C@@H](CC(C(N)=O)(C4)C2)C3)cc1C. The van der Waals surface area contributed by atoms with Crippen LogP contribution in [0.3, 0.4) is 0 Å². The van der Waals surface area contributed by atoms with Gasteiger partial charge in [-0.15, -0.1) is 0 Å². The third-order valence-electron chi connectivity index (χ3n) is 6.70. The Morgan fingerprint density at radius 3 is 2.33 bits per heavy atom. The van der Waals surface area contributed by atoms with E-state index < -0.39 is 0 Å². The number of primary amides is 1. The second kappa shape index (κ2) is 4.12. The molecule has 0 saturated heterocycles. The first-order valence-corrected chi connectivity index (χ1v) is 8.30. The molecule has 0 heterocycles. The van der Waals surface area contributed by atoms with Crippen LogP contribution in [0.4, 0.5) is 0 Å². The van der Waals surface area contributed by atoms with Crippen LogP contribution in [0.2, 0.25) is 0 Å². The Bertz CT molecular complexity index is 604. The van der Waals surface area contributed by atoms with Gasteiger partial charge in [0.15, 0.2) is 0 Å². The summed E-state index contributed by atoms with van der Waals surface area (Å²) in [6.07, 6.45) is 6.94. The van der Waals surface area contributed by atoms with E-state index in [-0.39, 0.29) is 16.7 Å². The average Bonchev–Trinajstić information content (AvgIpc) is 2.40. The summed E-state index contributed by atoms with van der Waals surface area (Å²) in [6, 6.07) is 6.93. The topological polar surface area (TPSA) is 43.1 Å². The highest BCUT2D eigenvalue weighted by molar-refractivity contribution is 5.81. The van der Waals surface area contributed by atoms with Crippen LogP contribution >= 0.6 is 0 Å². The van der Waals surface area contributed by atoms with Gasteiger partial charge in [0.25, 0.3) is 0 Å². The molecule has 4 bridgehead atoms. The van der Waals surface area contributed by atoms with Crippen LogP contribution in [0.5, 0.6) is 0 Å². The largest absolute Gasteiger partial charge is 0.369 e. The van der Waals surface area contributed by atoms with Gasteiger partial charge in [-0.2, -0.15) is 0 Å². The molecule has 0 radical (unpaired) electrons. The lowest BCUT2D eigenvalue weighted by molar-refractivity contribution is -0.145. The lowest BCUT2D eigenvalue weighted by Gasteiger charge is -2.61. The van der Waals surface area contributed by atoms with E-state index in [1.165, 1.54) is 36.0 Å². The number of nitrogens with two attached hydrogens (primary N) is 1. The molecule has 4 aliphatic rings. The van der Waals surface area contributed by atoms with Crippen molar-refractivity contribution in [3.8, 4) is 0 Å². The van der Waals surface area contributed by atoms with E-state index >= 15 is 0 Å². The zero-order chi connectivity index (χ0) is 14.8. The second-order valence-corrected chi connectivity index (χ2v) is 8.18. The first kappa shape index (κ1) is 13.4. The average molecular weight is 283 g/mol. The fourth-order valence-corrected chi connectivity index (χ4v) is 5.96. The quantitative estimate of drug-likeness (QED) is 0.885. The van der Waals surface area contributed by atoms with Crippen LogP contribution < -0.4 is 5.73 Å². The molecule has 4 saturated carbocycles. The van der Waals surface area contributed by atoms with Crippen molar-refractivity contribution in [2.45, 2.75) is 57.8 Å². The molecule has 2 heteroatoms. The van der Waals surface area contributed by atoms with E-state index in [2.05, 4.69) is 32.0 Å². The van der Waals surface area contributed by atoms with Crippen LogP contribution in [-0.2, 0) is 10.2 Å². The Labute approximate surface area is 127 Å². The molecular weight excluding hydrogens is 258 g/mol. The van der Waals surface area contributed by atoms with Gasteiger partial charge < -0.3 is 5.73 Å². The first-order valence-electron chi connectivity index (χ1n) is 8.30. The zero-order valence-corrected chi connectivity index (χ0v) is 13.1. The Balaban J connectivity index is 1.80. The van der Waals surface area contributed by atoms with Crippen molar-refractivity contribution >= 4 is 5.91 Å². The molecule has 1 aromatic rings. The van der Waals surface area contributed by atoms with Crippen LogP contribution in [-0.4, -0.2) is 5.91 Å². The van der Waals surface area contributed by atoms with Crippen molar-refractivity contribution < 1.29 is 4.79 Å². The van der Waals surface area contributed by atoms with Gasteiger partial charge in [0.2, 0.25) is 5.91 Å². The minimum Gasteiger partial charge on any atom is -0.369 e. The van der Waals surface area contributed by atoms with E-state index in [0.29, 0.717) is 11.8 Å². The Kier molecular flexibility index (Phi) is 2.62. The van der Waals surface area contributed by atoms with Crippen molar-refractivity contribution in [2.75, 3.05) is 0 Å². The molecule has 2 atom stereocenters. The van der Waals surface area contributed by atoms with Gasteiger partial charge in [0, 0.05) is 0 Å². The maximum Gasteiger partial charge on any atom is 0.223 e. The molecule has 21 heavy (non-hydrogen) atoms. The minimum absolute atomic E-state index is 0.0372. The summed E-state index contributed by atoms with van der Waals surface area (Å²) in [5.41, 5.74) is 10.0. The van der Waals surface area contributed by atoms with Crippen LogP contribution in [0.1, 0.15) is 55.2 Å². The Hall–Kier alpha value is -1.31. The van der Waals surface area contributed by atoms with Gasteiger partial charge in [-0.1, -0.05) is 18.2 Å².